The lowest BCUT2D eigenvalue weighted by Crippen LogP contribution is -2.25. The summed E-state index contributed by atoms with van der Waals surface area (Å²) in [6.45, 7) is 2.02. The first-order valence-electron chi connectivity index (χ1n) is 4.78. The zero-order chi connectivity index (χ0) is 12.0. The molecule has 5 heteroatoms. The van der Waals surface area contributed by atoms with Crippen molar-refractivity contribution < 1.29 is 5.11 Å². The van der Waals surface area contributed by atoms with Gasteiger partial charge in [0.2, 0.25) is 0 Å². The van der Waals surface area contributed by atoms with Crippen molar-refractivity contribution in [1.29, 1.82) is 10.5 Å². The fraction of sp³-hybridized carbons (Fsp3) is 0.364. The maximum atomic E-state index is 8.94. The molecule has 1 rings (SSSR count). The van der Waals surface area contributed by atoms with E-state index in [9.17, 15) is 0 Å². The molecule has 0 aromatic carbocycles. The number of hydrogen-bond acceptors (Lipinski definition) is 5. The van der Waals surface area contributed by atoms with Gasteiger partial charge in [0, 0.05) is 6.20 Å². The molecule has 82 valence electrons. The van der Waals surface area contributed by atoms with Crippen molar-refractivity contribution >= 4 is 5.82 Å². The molecule has 0 atom stereocenters. The number of nitriles is 2. The Kier molecular flexibility index (Phi) is 4.26. The molecule has 0 radical (unpaired) electrons. The van der Waals surface area contributed by atoms with Crippen LogP contribution in [-0.4, -0.2) is 23.2 Å². The van der Waals surface area contributed by atoms with Gasteiger partial charge >= 0.3 is 0 Å². The molecular formula is C11H12N4O. The van der Waals surface area contributed by atoms with Crippen LogP contribution in [0.2, 0.25) is 0 Å². The molecule has 0 aliphatic carbocycles. The van der Waals surface area contributed by atoms with Crippen LogP contribution in [0.5, 0.6) is 0 Å². The van der Waals surface area contributed by atoms with Gasteiger partial charge in [-0.05, 0) is 24.1 Å². The number of aliphatic hydroxyl groups excluding tert-OH is 1. The number of rotatable bonds is 4. The molecule has 0 fully saturated rings. The lowest BCUT2D eigenvalue weighted by molar-refractivity contribution is 0.281. The molecule has 0 amide bonds. The van der Waals surface area contributed by atoms with Crippen molar-refractivity contribution in [2.24, 2.45) is 0 Å². The maximum absolute atomic E-state index is 8.94. The Balaban J connectivity index is 3.02. The standard InChI is InChI=1S/C11H12N4O/c1-9-6-10(8-16)7-14-11(9)15(4-2-12)5-3-13/h6-7,16H,4-5,8H2,1H3. The molecule has 0 unspecified atom stereocenters. The average molecular weight is 216 g/mol. The van der Waals surface area contributed by atoms with Gasteiger partial charge in [-0.25, -0.2) is 4.98 Å². The highest BCUT2D eigenvalue weighted by molar-refractivity contribution is 5.48. The summed E-state index contributed by atoms with van der Waals surface area (Å²) in [5, 5.41) is 26.2. The second-order valence-electron chi connectivity index (χ2n) is 3.31. The lowest BCUT2D eigenvalue weighted by atomic mass is 10.2. The number of pyridine rings is 1. The molecule has 1 N–H and O–H groups in total. The van der Waals surface area contributed by atoms with Gasteiger partial charge < -0.3 is 10.0 Å². The van der Waals surface area contributed by atoms with Gasteiger partial charge in [0.05, 0.1) is 18.7 Å². The Labute approximate surface area is 94.2 Å². The third kappa shape index (κ3) is 2.69. The second-order valence-corrected chi connectivity index (χ2v) is 3.31. The van der Waals surface area contributed by atoms with E-state index in [-0.39, 0.29) is 19.7 Å². The molecule has 0 aliphatic heterocycles. The van der Waals surface area contributed by atoms with E-state index >= 15 is 0 Å². The average Bonchev–Trinajstić information content (AvgIpc) is 2.29. The monoisotopic (exact) mass is 216 g/mol. The highest BCUT2D eigenvalue weighted by atomic mass is 16.3. The number of aromatic nitrogens is 1. The van der Waals surface area contributed by atoms with Gasteiger partial charge in [-0.3, -0.25) is 0 Å². The summed E-state index contributed by atoms with van der Waals surface area (Å²) in [4.78, 5) is 5.74. The first kappa shape index (κ1) is 12.0. The van der Waals surface area contributed by atoms with E-state index in [1.807, 2.05) is 19.1 Å². The Morgan fingerprint density at radius 3 is 2.44 bits per heavy atom. The second kappa shape index (κ2) is 5.69. The summed E-state index contributed by atoms with van der Waals surface area (Å²) in [5.41, 5.74) is 1.56. The van der Waals surface area contributed by atoms with Gasteiger partial charge in [-0.2, -0.15) is 10.5 Å². The molecule has 16 heavy (non-hydrogen) atoms. The summed E-state index contributed by atoms with van der Waals surface area (Å²) in [5.74, 6) is 0.611. The minimum Gasteiger partial charge on any atom is -0.392 e. The summed E-state index contributed by atoms with van der Waals surface area (Å²) in [6, 6.07) is 5.78. The van der Waals surface area contributed by atoms with Crippen molar-refractivity contribution in [2.75, 3.05) is 18.0 Å². The van der Waals surface area contributed by atoms with Crippen LogP contribution < -0.4 is 4.90 Å². The van der Waals surface area contributed by atoms with Crippen molar-refractivity contribution in [3.63, 3.8) is 0 Å². The third-order valence-corrected chi connectivity index (χ3v) is 2.11. The van der Waals surface area contributed by atoms with Crippen LogP contribution in [-0.2, 0) is 6.61 Å². The number of aryl methyl sites for hydroxylation is 1. The first-order valence-corrected chi connectivity index (χ1v) is 4.78. The zero-order valence-corrected chi connectivity index (χ0v) is 9.01. The van der Waals surface area contributed by atoms with Crippen LogP contribution in [0, 0.1) is 29.6 Å². The number of anilines is 1. The van der Waals surface area contributed by atoms with E-state index < -0.39 is 0 Å². The van der Waals surface area contributed by atoms with Gasteiger partial charge in [-0.15, -0.1) is 0 Å². The fourth-order valence-electron chi connectivity index (χ4n) is 1.42. The lowest BCUT2D eigenvalue weighted by Gasteiger charge is -2.19. The quantitative estimate of drug-likeness (QED) is 0.750. The Hall–Kier alpha value is -2.11. The summed E-state index contributed by atoms with van der Waals surface area (Å²) in [6.07, 6.45) is 1.55. The van der Waals surface area contributed by atoms with Crippen LogP contribution in [0.25, 0.3) is 0 Å². The first-order chi connectivity index (χ1) is 7.72. The van der Waals surface area contributed by atoms with E-state index in [0.717, 1.165) is 11.1 Å². The van der Waals surface area contributed by atoms with Gasteiger partial charge in [0.15, 0.2) is 0 Å². The van der Waals surface area contributed by atoms with E-state index in [1.165, 1.54) is 0 Å². The normalized spacial score (nSPS) is 9.25. The van der Waals surface area contributed by atoms with E-state index in [0.29, 0.717) is 5.82 Å². The Morgan fingerprint density at radius 1 is 1.38 bits per heavy atom. The zero-order valence-electron chi connectivity index (χ0n) is 9.01. The largest absolute Gasteiger partial charge is 0.392 e. The van der Waals surface area contributed by atoms with E-state index in [1.54, 1.807) is 17.2 Å². The number of nitrogens with zero attached hydrogens (tertiary/aromatic N) is 4. The highest BCUT2D eigenvalue weighted by Crippen LogP contribution is 2.17. The molecule has 1 aromatic heterocycles. The SMILES string of the molecule is Cc1cc(CO)cnc1N(CC#N)CC#N. The van der Waals surface area contributed by atoms with E-state index in [4.69, 9.17) is 15.6 Å². The molecule has 0 saturated carbocycles. The van der Waals surface area contributed by atoms with E-state index in [2.05, 4.69) is 4.98 Å². The van der Waals surface area contributed by atoms with Crippen molar-refractivity contribution in [3.05, 3.63) is 23.4 Å². The van der Waals surface area contributed by atoms with Crippen LogP contribution in [0.4, 0.5) is 5.82 Å². The van der Waals surface area contributed by atoms with Crippen LogP contribution in [0.15, 0.2) is 12.3 Å². The Morgan fingerprint density at radius 2 is 2.00 bits per heavy atom. The highest BCUT2D eigenvalue weighted by Gasteiger charge is 2.10. The molecule has 0 saturated heterocycles. The topological polar surface area (TPSA) is 83.9 Å². The third-order valence-electron chi connectivity index (χ3n) is 2.11. The van der Waals surface area contributed by atoms with Crippen LogP contribution >= 0.6 is 0 Å². The molecular weight excluding hydrogens is 204 g/mol. The molecule has 0 bridgehead atoms. The van der Waals surface area contributed by atoms with Gasteiger partial charge in [0.1, 0.15) is 18.9 Å². The van der Waals surface area contributed by atoms with Crippen molar-refractivity contribution in [1.82, 2.24) is 4.98 Å². The van der Waals surface area contributed by atoms with Gasteiger partial charge in [0.25, 0.3) is 0 Å². The maximum Gasteiger partial charge on any atom is 0.133 e. The summed E-state index contributed by atoms with van der Waals surface area (Å²) < 4.78 is 0. The van der Waals surface area contributed by atoms with Crippen molar-refractivity contribution in [3.8, 4) is 12.1 Å². The molecule has 1 aromatic rings. The smallest absolute Gasteiger partial charge is 0.133 e. The predicted octanol–water partition coefficient (Wildman–Crippen LogP) is 0.736. The molecule has 0 aliphatic rings. The number of hydrogen-bond donors (Lipinski definition) is 1. The minimum absolute atomic E-state index is 0.0649. The minimum atomic E-state index is -0.0649. The summed E-state index contributed by atoms with van der Waals surface area (Å²) in [7, 11) is 0. The molecule has 1 heterocycles. The molecule has 0 spiro atoms. The Bertz CT molecular complexity index is 428. The molecule has 5 nitrogen and oxygen atoms in total. The van der Waals surface area contributed by atoms with Gasteiger partial charge in [-0.1, -0.05) is 0 Å². The number of aliphatic hydroxyl groups is 1. The van der Waals surface area contributed by atoms with Crippen LogP contribution in [0.3, 0.4) is 0 Å². The fourth-order valence-corrected chi connectivity index (χ4v) is 1.42. The van der Waals surface area contributed by atoms with Crippen molar-refractivity contribution in [2.45, 2.75) is 13.5 Å². The summed E-state index contributed by atoms with van der Waals surface area (Å²) >= 11 is 0. The van der Waals surface area contributed by atoms with Crippen LogP contribution in [0.1, 0.15) is 11.1 Å². The predicted molar refractivity (Wildman–Crippen MR) is 58.3 cm³/mol.